The molecule has 1 aliphatic heterocycles. The molecule has 3 rings (SSSR count). The highest BCUT2D eigenvalue weighted by atomic mass is 16.1. The normalized spacial score (nSPS) is 19.0. The fourth-order valence-electron chi connectivity index (χ4n) is 2.88. The van der Waals surface area contributed by atoms with E-state index in [1.807, 2.05) is 24.3 Å². The first-order chi connectivity index (χ1) is 10.1. The maximum Gasteiger partial charge on any atom is 0.270 e. The Hall–Kier alpha value is -2.14. The number of nitrogens with two attached hydrogens (primary N) is 1. The summed E-state index contributed by atoms with van der Waals surface area (Å²) in [6, 6.07) is 9.90. The zero-order valence-corrected chi connectivity index (χ0v) is 12.2. The third kappa shape index (κ3) is 2.83. The number of benzene rings is 1. The Labute approximate surface area is 124 Å². The third-order valence-corrected chi connectivity index (χ3v) is 4.17. The van der Waals surface area contributed by atoms with Gasteiger partial charge in [-0.15, -0.1) is 0 Å². The van der Waals surface area contributed by atoms with E-state index in [0.717, 1.165) is 23.7 Å². The second kappa shape index (κ2) is 5.69. The monoisotopic (exact) mass is 284 g/mol. The lowest BCUT2D eigenvalue weighted by molar-refractivity contribution is 0.0939. The van der Waals surface area contributed by atoms with Crippen molar-refractivity contribution < 1.29 is 4.79 Å². The molecule has 5 heteroatoms. The molecule has 3 N–H and O–H groups in total. The number of carbonyl (C=O) groups excluding carboxylic acids is 1. The fraction of sp³-hybridized carbons (Fsp3) is 0.375. The second-order valence-electron chi connectivity index (χ2n) is 5.60. The van der Waals surface area contributed by atoms with Crippen LogP contribution in [-0.4, -0.2) is 42.0 Å². The minimum absolute atomic E-state index is 0.159. The SMILES string of the molecule is CN1CCCC1CNC(=O)c1cc2ccccc2c(N)n1. The molecule has 1 unspecified atom stereocenters. The molecule has 0 radical (unpaired) electrons. The summed E-state index contributed by atoms with van der Waals surface area (Å²) in [6.07, 6.45) is 2.32. The zero-order valence-electron chi connectivity index (χ0n) is 12.2. The lowest BCUT2D eigenvalue weighted by Gasteiger charge is -2.19. The number of hydrogen-bond donors (Lipinski definition) is 2. The predicted octanol–water partition coefficient (Wildman–Crippen LogP) is 1.64. The molecule has 1 aromatic carbocycles. The number of carbonyl (C=O) groups is 1. The first-order valence-corrected chi connectivity index (χ1v) is 7.29. The number of fused-ring (bicyclic) bond motifs is 1. The van der Waals surface area contributed by atoms with Crippen LogP contribution in [0.15, 0.2) is 30.3 Å². The third-order valence-electron chi connectivity index (χ3n) is 4.17. The number of nitrogen functional groups attached to an aromatic ring is 1. The summed E-state index contributed by atoms with van der Waals surface area (Å²) in [5.74, 6) is 0.240. The van der Waals surface area contributed by atoms with Crippen LogP contribution in [0.4, 0.5) is 5.82 Å². The van der Waals surface area contributed by atoms with Gasteiger partial charge in [0.2, 0.25) is 0 Å². The van der Waals surface area contributed by atoms with Gasteiger partial charge in [0.15, 0.2) is 0 Å². The second-order valence-corrected chi connectivity index (χ2v) is 5.60. The van der Waals surface area contributed by atoms with Crippen molar-refractivity contribution in [2.45, 2.75) is 18.9 Å². The molecular weight excluding hydrogens is 264 g/mol. The van der Waals surface area contributed by atoms with E-state index in [-0.39, 0.29) is 5.91 Å². The molecule has 5 nitrogen and oxygen atoms in total. The molecule has 1 aromatic heterocycles. The van der Waals surface area contributed by atoms with Gasteiger partial charge < -0.3 is 16.0 Å². The predicted molar refractivity (Wildman–Crippen MR) is 84.1 cm³/mol. The number of aromatic nitrogens is 1. The largest absolute Gasteiger partial charge is 0.383 e. The van der Waals surface area contributed by atoms with E-state index in [2.05, 4.69) is 22.2 Å². The van der Waals surface area contributed by atoms with Crippen LogP contribution in [0.1, 0.15) is 23.3 Å². The number of anilines is 1. The van der Waals surface area contributed by atoms with Crippen molar-refractivity contribution in [3.05, 3.63) is 36.0 Å². The number of amides is 1. The molecule has 1 atom stereocenters. The van der Waals surface area contributed by atoms with E-state index < -0.39 is 0 Å². The summed E-state index contributed by atoms with van der Waals surface area (Å²) >= 11 is 0. The molecule has 0 saturated carbocycles. The average Bonchev–Trinajstić information content (AvgIpc) is 2.90. The van der Waals surface area contributed by atoms with Gasteiger partial charge in [0, 0.05) is 18.0 Å². The van der Waals surface area contributed by atoms with Crippen molar-refractivity contribution in [2.24, 2.45) is 0 Å². The fourth-order valence-corrected chi connectivity index (χ4v) is 2.88. The van der Waals surface area contributed by atoms with Crippen LogP contribution in [0.5, 0.6) is 0 Å². The summed E-state index contributed by atoms with van der Waals surface area (Å²) in [5, 5.41) is 4.78. The number of nitrogens with zero attached hydrogens (tertiary/aromatic N) is 2. The molecule has 1 amide bonds. The highest BCUT2D eigenvalue weighted by Crippen LogP contribution is 2.20. The number of rotatable bonds is 3. The summed E-state index contributed by atoms with van der Waals surface area (Å²) < 4.78 is 0. The van der Waals surface area contributed by atoms with E-state index in [1.165, 1.54) is 6.42 Å². The Morgan fingerprint density at radius 3 is 3.05 bits per heavy atom. The summed E-state index contributed by atoms with van der Waals surface area (Å²) in [5.41, 5.74) is 6.32. The van der Waals surface area contributed by atoms with Crippen molar-refractivity contribution in [1.29, 1.82) is 0 Å². The standard InChI is InChI=1S/C16H20N4O/c1-20-8-4-6-12(20)10-18-16(21)14-9-11-5-2-3-7-13(11)15(17)19-14/h2-3,5,7,9,12H,4,6,8,10H2,1H3,(H2,17,19)(H,18,21). The van der Waals surface area contributed by atoms with Crippen molar-refractivity contribution in [2.75, 3.05) is 25.9 Å². The van der Waals surface area contributed by atoms with Crippen LogP contribution in [0.25, 0.3) is 10.8 Å². The van der Waals surface area contributed by atoms with E-state index >= 15 is 0 Å². The number of nitrogens with one attached hydrogen (secondary N) is 1. The Bertz CT molecular complexity index is 670. The van der Waals surface area contributed by atoms with Gasteiger partial charge in [-0.3, -0.25) is 4.79 Å². The molecule has 0 spiro atoms. The van der Waals surface area contributed by atoms with Crippen molar-refractivity contribution in [3.63, 3.8) is 0 Å². The van der Waals surface area contributed by atoms with Gasteiger partial charge in [-0.2, -0.15) is 0 Å². The number of likely N-dealkylation sites (tertiary alicyclic amines) is 1. The van der Waals surface area contributed by atoms with Crippen LogP contribution in [0.2, 0.25) is 0 Å². The summed E-state index contributed by atoms with van der Waals surface area (Å²) in [4.78, 5) is 18.8. The molecule has 1 saturated heterocycles. The van der Waals surface area contributed by atoms with E-state index in [4.69, 9.17) is 5.73 Å². The van der Waals surface area contributed by atoms with Crippen molar-refractivity contribution in [3.8, 4) is 0 Å². The molecule has 2 heterocycles. The van der Waals surface area contributed by atoms with Crippen LogP contribution < -0.4 is 11.1 Å². The van der Waals surface area contributed by atoms with Crippen LogP contribution in [0, 0.1) is 0 Å². The van der Waals surface area contributed by atoms with Gasteiger partial charge in [-0.1, -0.05) is 24.3 Å². The van der Waals surface area contributed by atoms with E-state index in [0.29, 0.717) is 24.1 Å². The minimum Gasteiger partial charge on any atom is -0.383 e. The first kappa shape index (κ1) is 13.8. The van der Waals surface area contributed by atoms with Gasteiger partial charge in [-0.25, -0.2) is 4.98 Å². The molecule has 0 aliphatic carbocycles. The van der Waals surface area contributed by atoms with Crippen LogP contribution in [0.3, 0.4) is 0 Å². The number of likely N-dealkylation sites (N-methyl/N-ethyl adjacent to an activating group) is 1. The molecule has 2 aromatic rings. The smallest absolute Gasteiger partial charge is 0.270 e. The molecule has 0 bridgehead atoms. The molecule has 1 fully saturated rings. The van der Waals surface area contributed by atoms with E-state index in [9.17, 15) is 4.79 Å². The Balaban J connectivity index is 1.75. The molecule has 110 valence electrons. The quantitative estimate of drug-likeness (QED) is 0.899. The first-order valence-electron chi connectivity index (χ1n) is 7.29. The van der Waals surface area contributed by atoms with Gasteiger partial charge in [0.1, 0.15) is 11.5 Å². The van der Waals surface area contributed by atoms with Gasteiger partial charge in [0.25, 0.3) is 5.91 Å². The van der Waals surface area contributed by atoms with Crippen LogP contribution >= 0.6 is 0 Å². The molecular formula is C16H20N4O. The summed E-state index contributed by atoms with van der Waals surface area (Å²) in [6.45, 7) is 1.76. The lowest BCUT2D eigenvalue weighted by Crippen LogP contribution is -2.38. The highest BCUT2D eigenvalue weighted by molar-refractivity contribution is 5.99. The summed E-state index contributed by atoms with van der Waals surface area (Å²) in [7, 11) is 2.09. The van der Waals surface area contributed by atoms with Crippen molar-refractivity contribution in [1.82, 2.24) is 15.2 Å². The zero-order chi connectivity index (χ0) is 14.8. The van der Waals surface area contributed by atoms with Crippen LogP contribution in [-0.2, 0) is 0 Å². The van der Waals surface area contributed by atoms with E-state index in [1.54, 1.807) is 6.07 Å². The van der Waals surface area contributed by atoms with Gasteiger partial charge in [-0.05, 0) is 37.9 Å². The average molecular weight is 284 g/mol. The minimum atomic E-state index is -0.159. The Morgan fingerprint density at radius 1 is 1.48 bits per heavy atom. The number of pyridine rings is 1. The molecule has 21 heavy (non-hydrogen) atoms. The maximum atomic E-state index is 12.3. The highest BCUT2D eigenvalue weighted by Gasteiger charge is 2.21. The number of hydrogen-bond acceptors (Lipinski definition) is 4. The molecule has 1 aliphatic rings. The maximum absolute atomic E-state index is 12.3. The Kier molecular flexibility index (Phi) is 3.75. The van der Waals surface area contributed by atoms with Gasteiger partial charge in [0.05, 0.1) is 0 Å². The Morgan fingerprint density at radius 2 is 2.29 bits per heavy atom. The van der Waals surface area contributed by atoms with Gasteiger partial charge >= 0.3 is 0 Å². The lowest BCUT2D eigenvalue weighted by atomic mass is 10.1. The topological polar surface area (TPSA) is 71.2 Å². The van der Waals surface area contributed by atoms with Crippen molar-refractivity contribution >= 4 is 22.5 Å².